The van der Waals surface area contributed by atoms with Gasteiger partial charge in [0, 0.05) is 26.3 Å². The van der Waals surface area contributed by atoms with Crippen molar-refractivity contribution >= 4 is 35.9 Å². The predicted octanol–water partition coefficient (Wildman–Crippen LogP) is 1.75. The molecule has 0 saturated carbocycles. The Labute approximate surface area is 160 Å². The van der Waals surface area contributed by atoms with Crippen LogP contribution in [0.4, 0.5) is 0 Å². The summed E-state index contributed by atoms with van der Waals surface area (Å²) in [5.74, 6) is 1.53. The van der Waals surface area contributed by atoms with Crippen molar-refractivity contribution in [2.45, 2.75) is 33.2 Å². The number of aromatic nitrogens is 2. The van der Waals surface area contributed by atoms with E-state index in [1.807, 2.05) is 19.9 Å². The minimum absolute atomic E-state index is 0. The van der Waals surface area contributed by atoms with E-state index in [0.717, 1.165) is 43.4 Å². The van der Waals surface area contributed by atoms with Crippen LogP contribution in [0.5, 0.6) is 0 Å². The molecule has 0 atom stereocenters. The van der Waals surface area contributed by atoms with Crippen LogP contribution >= 0.6 is 24.0 Å². The third kappa shape index (κ3) is 5.88. The molecule has 0 bridgehead atoms. The fourth-order valence-corrected chi connectivity index (χ4v) is 2.69. The van der Waals surface area contributed by atoms with E-state index in [1.165, 1.54) is 0 Å². The van der Waals surface area contributed by atoms with Crippen molar-refractivity contribution in [1.29, 1.82) is 0 Å². The fraction of sp³-hybridized carbons (Fsp3) is 0.625. The van der Waals surface area contributed by atoms with Gasteiger partial charge in [-0.2, -0.15) is 0 Å². The summed E-state index contributed by atoms with van der Waals surface area (Å²) < 4.78 is 5.10. The van der Waals surface area contributed by atoms with E-state index in [9.17, 15) is 4.79 Å². The standard InChI is InChI=1S/C16H25N5O2.HI/c1-4-23-15(22)13-6-9-21(10-7-13)16(17-3)19-11-14-5-8-18-12(2)20-14;/h5,8,13H,4,6-7,9-11H2,1-3H3,(H,17,19);1H. The van der Waals surface area contributed by atoms with E-state index in [-0.39, 0.29) is 35.9 Å². The van der Waals surface area contributed by atoms with Crippen LogP contribution in [0.25, 0.3) is 0 Å². The second kappa shape index (κ2) is 10.4. The Bertz CT molecular complexity index is 559. The van der Waals surface area contributed by atoms with Crippen molar-refractivity contribution in [3.05, 3.63) is 23.8 Å². The summed E-state index contributed by atoms with van der Waals surface area (Å²) in [6.45, 7) is 6.36. The first-order valence-electron chi connectivity index (χ1n) is 8.04. The van der Waals surface area contributed by atoms with Crippen LogP contribution in [0.3, 0.4) is 0 Å². The maximum absolute atomic E-state index is 11.8. The van der Waals surface area contributed by atoms with Crippen molar-refractivity contribution in [3.63, 3.8) is 0 Å². The summed E-state index contributed by atoms with van der Waals surface area (Å²) in [6.07, 6.45) is 3.35. The monoisotopic (exact) mass is 447 g/mol. The lowest BCUT2D eigenvalue weighted by atomic mass is 9.97. The van der Waals surface area contributed by atoms with Crippen molar-refractivity contribution < 1.29 is 9.53 Å². The maximum atomic E-state index is 11.8. The van der Waals surface area contributed by atoms with Crippen molar-refractivity contribution in [1.82, 2.24) is 20.2 Å². The number of hydrogen-bond donors (Lipinski definition) is 1. The number of guanidine groups is 1. The smallest absolute Gasteiger partial charge is 0.309 e. The number of hydrogen-bond acceptors (Lipinski definition) is 5. The molecular weight excluding hydrogens is 421 g/mol. The van der Waals surface area contributed by atoms with Gasteiger partial charge in [0.2, 0.25) is 0 Å². The first-order valence-corrected chi connectivity index (χ1v) is 8.04. The number of carbonyl (C=O) groups is 1. The Kier molecular flexibility index (Phi) is 8.94. The molecule has 1 saturated heterocycles. The summed E-state index contributed by atoms with van der Waals surface area (Å²) in [7, 11) is 1.77. The lowest BCUT2D eigenvalue weighted by molar-refractivity contribution is -0.149. The largest absolute Gasteiger partial charge is 0.466 e. The molecular formula is C16H26IN5O2. The summed E-state index contributed by atoms with van der Waals surface area (Å²) in [5, 5.41) is 3.32. The van der Waals surface area contributed by atoms with Crippen LogP contribution in [-0.4, -0.2) is 53.5 Å². The molecule has 2 heterocycles. The zero-order valence-electron chi connectivity index (χ0n) is 14.5. The van der Waals surface area contributed by atoms with E-state index in [1.54, 1.807) is 13.2 Å². The number of nitrogens with one attached hydrogen (secondary N) is 1. The highest BCUT2D eigenvalue weighted by Gasteiger charge is 2.27. The molecule has 0 aromatic carbocycles. The summed E-state index contributed by atoms with van der Waals surface area (Å²) in [6, 6.07) is 1.89. The van der Waals surface area contributed by atoms with Gasteiger partial charge in [0.25, 0.3) is 0 Å². The van der Waals surface area contributed by atoms with E-state index in [4.69, 9.17) is 4.74 Å². The SMILES string of the molecule is CCOC(=O)C1CCN(C(=NC)NCc2ccnc(C)n2)CC1.I. The lowest BCUT2D eigenvalue weighted by Crippen LogP contribution is -2.46. The van der Waals surface area contributed by atoms with Gasteiger partial charge >= 0.3 is 5.97 Å². The lowest BCUT2D eigenvalue weighted by Gasteiger charge is -2.33. The molecule has 1 aliphatic rings. The first kappa shape index (κ1) is 20.6. The molecule has 7 nitrogen and oxygen atoms in total. The van der Waals surface area contributed by atoms with Gasteiger partial charge < -0.3 is 15.0 Å². The Morgan fingerprint density at radius 3 is 2.75 bits per heavy atom. The quantitative estimate of drug-likeness (QED) is 0.328. The molecule has 0 radical (unpaired) electrons. The van der Waals surface area contributed by atoms with Crippen LogP contribution in [0.1, 0.15) is 31.3 Å². The normalized spacial score (nSPS) is 15.6. The summed E-state index contributed by atoms with van der Waals surface area (Å²) in [4.78, 5) is 26.7. The number of likely N-dealkylation sites (tertiary alicyclic amines) is 1. The molecule has 1 aromatic rings. The zero-order chi connectivity index (χ0) is 16.7. The van der Waals surface area contributed by atoms with Crippen LogP contribution in [0.15, 0.2) is 17.3 Å². The van der Waals surface area contributed by atoms with E-state index >= 15 is 0 Å². The number of ether oxygens (including phenoxy) is 1. The summed E-state index contributed by atoms with van der Waals surface area (Å²) >= 11 is 0. The number of rotatable bonds is 4. The van der Waals surface area contributed by atoms with Gasteiger partial charge in [0.05, 0.1) is 24.8 Å². The molecule has 1 aromatic heterocycles. The molecule has 1 aliphatic heterocycles. The Morgan fingerprint density at radius 2 is 2.17 bits per heavy atom. The van der Waals surface area contributed by atoms with E-state index < -0.39 is 0 Å². The van der Waals surface area contributed by atoms with Gasteiger partial charge in [-0.05, 0) is 32.8 Å². The molecule has 8 heteroatoms. The van der Waals surface area contributed by atoms with E-state index in [2.05, 4.69) is 25.2 Å². The minimum Gasteiger partial charge on any atom is -0.466 e. The number of esters is 1. The maximum Gasteiger partial charge on any atom is 0.309 e. The second-order valence-electron chi connectivity index (χ2n) is 5.51. The number of piperidine rings is 1. The van der Waals surface area contributed by atoms with Gasteiger partial charge in [-0.15, -0.1) is 24.0 Å². The van der Waals surface area contributed by atoms with Gasteiger partial charge in [-0.3, -0.25) is 9.79 Å². The number of aryl methyl sites for hydroxylation is 1. The molecule has 1 fully saturated rings. The highest BCUT2D eigenvalue weighted by molar-refractivity contribution is 14.0. The van der Waals surface area contributed by atoms with Crippen LogP contribution in [-0.2, 0) is 16.1 Å². The van der Waals surface area contributed by atoms with Crippen molar-refractivity contribution in [2.24, 2.45) is 10.9 Å². The number of halogens is 1. The molecule has 0 unspecified atom stereocenters. The van der Waals surface area contributed by atoms with Gasteiger partial charge in [0.1, 0.15) is 5.82 Å². The third-order valence-corrected chi connectivity index (χ3v) is 3.89. The van der Waals surface area contributed by atoms with Crippen molar-refractivity contribution in [3.8, 4) is 0 Å². The molecule has 0 amide bonds. The molecule has 0 spiro atoms. The first-order chi connectivity index (χ1) is 11.1. The molecule has 24 heavy (non-hydrogen) atoms. The Morgan fingerprint density at radius 1 is 1.46 bits per heavy atom. The summed E-state index contributed by atoms with van der Waals surface area (Å²) in [5.41, 5.74) is 0.931. The topological polar surface area (TPSA) is 79.7 Å². The Hall–Kier alpha value is -1.45. The van der Waals surface area contributed by atoms with E-state index in [0.29, 0.717) is 13.2 Å². The highest BCUT2D eigenvalue weighted by atomic mass is 127. The zero-order valence-corrected chi connectivity index (χ0v) is 16.8. The highest BCUT2D eigenvalue weighted by Crippen LogP contribution is 2.18. The molecule has 2 rings (SSSR count). The van der Waals surface area contributed by atoms with Gasteiger partial charge in [-0.25, -0.2) is 9.97 Å². The number of carbonyl (C=O) groups excluding carboxylic acids is 1. The third-order valence-electron chi connectivity index (χ3n) is 3.89. The van der Waals surface area contributed by atoms with Crippen molar-refractivity contribution in [2.75, 3.05) is 26.7 Å². The Balaban J connectivity index is 0.00000288. The molecule has 134 valence electrons. The number of aliphatic imine (C=N–C) groups is 1. The average Bonchev–Trinajstić information content (AvgIpc) is 2.56. The molecule has 0 aliphatic carbocycles. The van der Waals surface area contributed by atoms with Crippen LogP contribution in [0.2, 0.25) is 0 Å². The molecule has 1 N–H and O–H groups in total. The number of nitrogens with zero attached hydrogens (tertiary/aromatic N) is 4. The fourth-order valence-electron chi connectivity index (χ4n) is 2.69. The van der Waals surface area contributed by atoms with Gasteiger partial charge in [0.15, 0.2) is 5.96 Å². The van der Waals surface area contributed by atoms with Crippen LogP contribution in [0, 0.1) is 12.8 Å². The van der Waals surface area contributed by atoms with Crippen LogP contribution < -0.4 is 5.32 Å². The minimum atomic E-state index is -0.0773. The average molecular weight is 447 g/mol. The van der Waals surface area contributed by atoms with Gasteiger partial charge in [-0.1, -0.05) is 0 Å². The predicted molar refractivity (Wildman–Crippen MR) is 103 cm³/mol. The second-order valence-corrected chi connectivity index (χ2v) is 5.51.